The van der Waals surface area contributed by atoms with Crippen LogP contribution in [0, 0.1) is 0 Å². The molecule has 3 heterocycles. The third kappa shape index (κ3) is 34.4. The number of ether oxygens (including phenoxy) is 12. The van der Waals surface area contributed by atoms with Crippen LogP contribution in [0.4, 0.5) is 11.4 Å². The molecule has 1 fully saturated rings. The van der Waals surface area contributed by atoms with Crippen molar-refractivity contribution in [1.82, 2.24) is 10.4 Å². The second kappa shape index (κ2) is 52.7. The average Bonchev–Trinajstić information content (AvgIpc) is 1.60. The van der Waals surface area contributed by atoms with Crippen LogP contribution in [-0.4, -0.2) is 250 Å². The second-order valence-electron chi connectivity index (χ2n) is 24.8. The molecule has 0 bridgehead atoms. The van der Waals surface area contributed by atoms with Crippen LogP contribution in [0.5, 0.6) is 0 Å². The van der Waals surface area contributed by atoms with E-state index in [0.29, 0.717) is 219 Å². The maximum atomic E-state index is 12.7. The Labute approximate surface area is 608 Å². The standard InChI is InChI=1S/C66H100N4O23S2.C6H15N/c1-65(2)55-51-53(94-93-92-75)19-21-57(55)68(27-14-8-12-18-64(74)91-70-62(72)23-24-63(70)73)59(65)15-9-6-10-16-60-66(3,4)56-52-54(95(76,77)78)20-22-58(56)69(60)26-13-7-11-17-61(71)67-25-28-80-31-32-82-35-36-84-39-40-86-43-44-88-47-48-90-50-49-89-46-45-87-42-41-85-38-37-83-34-33-81-30-29-79-5;1-4-7(5-2)6-3/h6,9-10,15-16,19-22,51-52H,7-8,11-14,17-18,23-50H2,1-5H3,(H2-,67,71,75,76,77,78);4-6H2,1-3H3. The minimum absolute atomic E-state index is 0.0246. The molecule has 2 N–H and O–H groups in total. The summed E-state index contributed by atoms with van der Waals surface area (Å²) in [6.45, 7) is 30.9. The summed E-state index contributed by atoms with van der Waals surface area (Å²) in [5.41, 5.74) is 4.20. The van der Waals surface area contributed by atoms with E-state index in [1.165, 1.54) is 31.8 Å². The maximum Gasteiger partial charge on any atom is 0.333 e. The molecule has 3 amide bonds. The molecule has 2 aromatic carbocycles. The number of anilines is 1. The summed E-state index contributed by atoms with van der Waals surface area (Å²) in [6.07, 6.45) is 14.2. The fourth-order valence-corrected chi connectivity index (χ4v) is 12.1. The number of quaternary nitrogens is 1. The van der Waals surface area contributed by atoms with Crippen LogP contribution in [0.1, 0.15) is 124 Å². The summed E-state index contributed by atoms with van der Waals surface area (Å²) in [7, 11) is -3.08. The van der Waals surface area contributed by atoms with Crippen LogP contribution in [0.2, 0.25) is 0 Å². The number of carbonyl (C=O) groups is 4. The average molecular weight is 1480 g/mol. The van der Waals surface area contributed by atoms with Crippen molar-refractivity contribution < 1.29 is 118 Å². The molecule has 0 spiro atoms. The van der Waals surface area contributed by atoms with Gasteiger partial charge in [-0.2, -0.15) is 8.91 Å². The normalized spacial score (nSPS) is 15.3. The number of nitrogens with zero attached hydrogens (tertiary/aromatic N) is 3. The maximum absolute atomic E-state index is 12.7. The number of carbonyl (C=O) groups excluding carboxylic acids is 4. The summed E-state index contributed by atoms with van der Waals surface area (Å²) in [6, 6.07) is 10.2. The van der Waals surface area contributed by atoms with E-state index in [1.807, 2.05) is 62.4 Å². The number of allylic oxidation sites excluding steroid dienone is 6. The molecule has 1 saturated heterocycles. The number of imide groups is 1. The predicted molar refractivity (Wildman–Crippen MR) is 379 cm³/mol. The molecule has 0 radical (unpaired) electrons. The van der Waals surface area contributed by atoms with Crippen molar-refractivity contribution in [3.8, 4) is 0 Å². The number of rotatable bonds is 59. The summed E-state index contributed by atoms with van der Waals surface area (Å²) in [4.78, 5) is 58.2. The Bertz CT molecular complexity index is 2940. The lowest BCUT2D eigenvalue weighted by atomic mass is 9.81. The van der Waals surface area contributed by atoms with Gasteiger partial charge in [0.05, 0.1) is 194 Å². The Hall–Kier alpha value is -5.17. The summed E-state index contributed by atoms with van der Waals surface area (Å²) >= 11 is 0.810. The minimum Gasteiger partial charge on any atom is -0.744 e. The van der Waals surface area contributed by atoms with E-state index >= 15 is 0 Å². The molecular weight excluding hydrogens is 1370 g/mol. The van der Waals surface area contributed by atoms with E-state index in [0.717, 1.165) is 53.2 Å². The van der Waals surface area contributed by atoms with Crippen LogP contribution in [0.15, 0.2) is 82.3 Å². The molecule has 5 rings (SSSR count). The van der Waals surface area contributed by atoms with Gasteiger partial charge >= 0.3 is 5.97 Å². The van der Waals surface area contributed by atoms with Gasteiger partial charge in [0, 0.05) is 91.7 Å². The molecule has 0 saturated carbocycles. The van der Waals surface area contributed by atoms with Gasteiger partial charge in [-0.05, 0) is 102 Å². The molecule has 0 atom stereocenters. The van der Waals surface area contributed by atoms with Crippen LogP contribution in [0.3, 0.4) is 0 Å². The minimum atomic E-state index is -4.72. The Morgan fingerprint density at radius 3 is 1.57 bits per heavy atom. The fraction of sp³-hybridized carbons (Fsp3) is 0.681. The highest BCUT2D eigenvalue weighted by Crippen LogP contribution is 2.49. The number of nitrogens with one attached hydrogen (secondary N) is 2. The molecule has 0 aliphatic carbocycles. The van der Waals surface area contributed by atoms with E-state index in [2.05, 4.69) is 58.8 Å². The zero-order valence-electron chi connectivity index (χ0n) is 61.5. The number of amides is 3. The molecule has 28 nitrogen and oxygen atoms in total. The molecule has 2 aromatic rings. The highest BCUT2D eigenvalue weighted by Gasteiger charge is 2.45. The van der Waals surface area contributed by atoms with Gasteiger partial charge in [0.25, 0.3) is 11.8 Å². The quantitative estimate of drug-likeness (QED) is 0.0119. The number of benzene rings is 2. The number of hydroxylamine groups is 2. The van der Waals surface area contributed by atoms with Crippen LogP contribution in [-0.2, 0) is 111 Å². The van der Waals surface area contributed by atoms with Gasteiger partial charge in [0.2, 0.25) is 11.6 Å². The van der Waals surface area contributed by atoms with Crippen molar-refractivity contribution in [3.63, 3.8) is 0 Å². The van der Waals surface area contributed by atoms with Crippen molar-refractivity contribution in [2.45, 2.75) is 133 Å². The highest BCUT2D eigenvalue weighted by atomic mass is 32.2. The Morgan fingerprint density at radius 1 is 0.598 bits per heavy atom. The number of unbranched alkanes of at least 4 members (excludes halogenated alkanes) is 4. The molecule has 0 unspecified atom stereocenters. The van der Waals surface area contributed by atoms with Crippen molar-refractivity contribution in [2.24, 2.45) is 0 Å². The van der Waals surface area contributed by atoms with Gasteiger partial charge in [-0.25, -0.2) is 13.2 Å². The second-order valence-corrected chi connectivity index (χ2v) is 27.0. The molecule has 578 valence electrons. The van der Waals surface area contributed by atoms with Crippen molar-refractivity contribution in [3.05, 3.63) is 83.6 Å². The van der Waals surface area contributed by atoms with E-state index < -0.39 is 38.7 Å². The van der Waals surface area contributed by atoms with Gasteiger partial charge < -0.3 is 86.6 Å². The molecule has 3 aliphatic heterocycles. The van der Waals surface area contributed by atoms with Gasteiger partial charge in [-0.15, -0.1) is 5.06 Å². The van der Waals surface area contributed by atoms with E-state index in [1.54, 1.807) is 18.1 Å². The molecule has 3 aliphatic rings. The van der Waals surface area contributed by atoms with Crippen molar-refractivity contribution >= 4 is 62.9 Å². The van der Waals surface area contributed by atoms with E-state index in [9.17, 15) is 37.4 Å². The van der Waals surface area contributed by atoms with E-state index in [4.69, 9.17) is 61.7 Å². The first-order valence-corrected chi connectivity index (χ1v) is 37.9. The lowest BCUT2D eigenvalue weighted by molar-refractivity contribution is -0.894. The SMILES string of the molecule is CC[NH+](CC)CC.COCCOCCOCCOCCOCCOCCOCCOCCOCCOCCOCCOCCNC(=O)CCCCCN1C(=CC=CC=CC2=[N+](CCCCCC(=O)ON3C(=O)CCC3=O)c3ccc(SOO[O-])cc3C2(C)C)C(C)(C)c2cc(S(=O)(=O)[O-])ccc21. The van der Waals surface area contributed by atoms with Crippen molar-refractivity contribution in [1.29, 1.82) is 0 Å². The van der Waals surface area contributed by atoms with Crippen LogP contribution in [0.25, 0.3) is 0 Å². The third-order valence-electron chi connectivity index (χ3n) is 16.9. The largest absolute Gasteiger partial charge is 0.744 e. The Morgan fingerprint density at radius 2 is 1.09 bits per heavy atom. The summed E-state index contributed by atoms with van der Waals surface area (Å²) in [5, 5.41) is 17.7. The predicted octanol–water partition coefficient (Wildman–Crippen LogP) is 5.60. The summed E-state index contributed by atoms with van der Waals surface area (Å²) in [5.74, 6) is -1.76. The van der Waals surface area contributed by atoms with Crippen molar-refractivity contribution in [2.75, 3.05) is 203 Å². The zero-order chi connectivity index (χ0) is 74.1. The van der Waals surface area contributed by atoms with Gasteiger partial charge in [0.1, 0.15) is 16.7 Å². The first kappa shape index (κ1) is 89.2. The zero-order valence-corrected chi connectivity index (χ0v) is 63.1. The lowest BCUT2D eigenvalue weighted by Gasteiger charge is -2.27. The Balaban J connectivity index is 0.00000298. The van der Waals surface area contributed by atoms with Gasteiger partial charge in [0.15, 0.2) is 5.71 Å². The number of hydrogen-bond donors (Lipinski definition) is 2. The van der Waals surface area contributed by atoms with Crippen LogP contribution >= 0.6 is 12.0 Å². The summed E-state index contributed by atoms with van der Waals surface area (Å²) < 4.78 is 109. The number of methoxy groups -OCH3 is 1. The topological polar surface area (TPSA) is 313 Å². The van der Waals surface area contributed by atoms with Gasteiger partial charge in [-0.1, -0.05) is 38.5 Å². The smallest absolute Gasteiger partial charge is 0.333 e. The third-order valence-corrected chi connectivity index (χ3v) is 18.3. The first-order chi connectivity index (χ1) is 49.3. The first-order valence-electron chi connectivity index (χ1n) is 35.7. The number of hydrogen-bond acceptors (Lipinski definition) is 25. The monoisotopic (exact) mass is 1480 g/mol. The molecule has 0 aromatic heterocycles. The molecule has 30 heteroatoms. The fourth-order valence-electron chi connectivity index (χ4n) is 11.2. The van der Waals surface area contributed by atoms with E-state index in [-0.39, 0.29) is 30.1 Å². The Kier molecular flexibility index (Phi) is 46.1. The molecular formula is C72H115N5O23S2. The highest BCUT2D eigenvalue weighted by molar-refractivity contribution is 7.94. The van der Waals surface area contributed by atoms with Gasteiger partial charge in [-0.3, -0.25) is 19.4 Å². The number of fused-ring (bicyclic) bond motifs is 2. The van der Waals surface area contributed by atoms with Crippen LogP contribution < -0.4 is 20.4 Å². The lowest BCUT2D eigenvalue weighted by Crippen LogP contribution is -3.11. The molecule has 102 heavy (non-hydrogen) atoms.